The summed E-state index contributed by atoms with van der Waals surface area (Å²) in [6.45, 7) is 6.43. The van der Waals surface area contributed by atoms with Crippen LogP contribution in [0.5, 0.6) is 0 Å². The monoisotopic (exact) mass is 368 g/mol. The second-order valence-electron chi connectivity index (χ2n) is 7.01. The summed E-state index contributed by atoms with van der Waals surface area (Å²) < 4.78 is 24.3. The van der Waals surface area contributed by atoms with E-state index in [1.807, 2.05) is 13.8 Å². The number of piperazine rings is 1. The minimum Gasteiger partial charge on any atom is -0.335 e. The summed E-state index contributed by atoms with van der Waals surface area (Å²) in [6, 6.07) is 0.759. The van der Waals surface area contributed by atoms with Crippen LogP contribution >= 0.6 is 0 Å². The average Bonchev–Trinajstić information content (AvgIpc) is 3.15. The van der Waals surface area contributed by atoms with Crippen LogP contribution in [0.3, 0.4) is 0 Å². The Morgan fingerprint density at radius 3 is 2.40 bits per heavy atom. The summed E-state index contributed by atoms with van der Waals surface area (Å²) in [7, 11) is -3.28. The van der Waals surface area contributed by atoms with E-state index in [2.05, 4.69) is 10.2 Å². The predicted octanol–water partition coefficient (Wildman–Crippen LogP) is 0.393. The fourth-order valence-electron chi connectivity index (χ4n) is 3.61. The molecular weight excluding hydrogens is 344 g/mol. The van der Waals surface area contributed by atoms with Gasteiger partial charge in [-0.05, 0) is 12.0 Å². The van der Waals surface area contributed by atoms with Gasteiger partial charge in [-0.25, -0.2) is 8.42 Å². The average molecular weight is 368 g/mol. The van der Waals surface area contributed by atoms with Crippen molar-refractivity contribution in [2.75, 3.05) is 24.6 Å². The highest BCUT2D eigenvalue weighted by Crippen LogP contribution is 2.28. The van der Waals surface area contributed by atoms with Crippen molar-refractivity contribution < 1.29 is 18.0 Å². The Bertz CT molecular complexity index is 786. The first-order valence-electron chi connectivity index (χ1n) is 8.59. The van der Waals surface area contributed by atoms with Gasteiger partial charge in [-0.1, -0.05) is 20.8 Å². The number of rotatable bonds is 3. The molecule has 25 heavy (non-hydrogen) atoms. The Kier molecular flexibility index (Phi) is 4.61. The van der Waals surface area contributed by atoms with E-state index in [0.717, 1.165) is 5.69 Å². The topological polar surface area (TPSA) is 103 Å². The predicted molar refractivity (Wildman–Crippen MR) is 91.9 cm³/mol. The van der Waals surface area contributed by atoms with Crippen molar-refractivity contribution in [2.24, 2.45) is 0 Å². The summed E-state index contributed by atoms with van der Waals surface area (Å²) in [4.78, 5) is 28.2. The van der Waals surface area contributed by atoms with E-state index < -0.39 is 21.9 Å². The lowest BCUT2D eigenvalue weighted by Gasteiger charge is -2.43. The van der Waals surface area contributed by atoms with Gasteiger partial charge in [-0.2, -0.15) is 5.10 Å². The molecule has 8 nitrogen and oxygen atoms in total. The molecule has 0 aromatic carbocycles. The summed E-state index contributed by atoms with van der Waals surface area (Å²) in [5, 5.41) is 6.94. The van der Waals surface area contributed by atoms with Crippen LogP contribution in [0.25, 0.3) is 0 Å². The number of nitrogens with one attached hydrogen (secondary N) is 1. The fraction of sp³-hybridized carbons (Fsp3) is 0.688. The first-order valence-corrected chi connectivity index (χ1v) is 10.4. The summed E-state index contributed by atoms with van der Waals surface area (Å²) in [6.07, 6.45) is 0.328. The van der Waals surface area contributed by atoms with Gasteiger partial charge in [-0.15, -0.1) is 0 Å². The summed E-state index contributed by atoms with van der Waals surface area (Å²) >= 11 is 0. The molecule has 0 bridgehead atoms. The molecule has 1 aromatic heterocycles. The van der Waals surface area contributed by atoms with Crippen LogP contribution in [0.2, 0.25) is 0 Å². The molecule has 0 spiro atoms. The van der Waals surface area contributed by atoms with Crippen LogP contribution in [0, 0.1) is 0 Å². The normalized spacial score (nSPS) is 25.3. The molecule has 0 aliphatic carbocycles. The molecule has 0 radical (unpaired) electrons. The second-order valence-corrected chi connectivity index (χ2v) is 9.17. The molecule has 1 aromatic rings. The maximum Gasteiger partial charge on any atom is 0.274 e. The molecule has 3 rings (SSSR count). The number of carbonyl (C=O) groups is 2. The largest absolute Gasteiger partial charge is 0.335 e. The molecule has 2 aliphatic rings. The molecular formula is C16H24N4O4S. The van der Waals surface area contributed by atoms with Gasteiger partial charge in [0.2, 0.25) is 5.91 Å². The smallest absolute Gasteiger partial charge is 0.274 e. The molecule has 2 fully saturated rings. The van der Waals surface area contributed by atoms with Crippen molar-refractivity contribution in [3.8, 4) is 0 Å². The molecule has 9 heteroatoms. The minimum atomic E-state index is -3.28. The Balaban J connectivity index is 1.87. The minimum absolute atomic E-state index is 0.0685. The molecule has 2 amide bonds. The maximum atomic E-state index is 12.9. The quantitative estimate of drug-likeness (QED) is 0.831. The summed E-state index contributed by atoms with van der Waals surface area (Å²) in [5.41, 5.74) is 1.15. The van der Waals surface area contributed by atoms with E-state index in [4.69, 9.17) is 0 Å². The van der Waals surface area contributed by atoms with Gasteiger partial charge in [-0.3, -0.25) is 14.7 Å². The summed E-state index contributed by atoms with van der Waals surface area (Å²) in [5.74, 6) is -0.309. The highest BCUT2D eigenvalue weighted by atomic mass is 32.2. The van der Waals surface area contributed by atoms with Gasteiger partial charge in [0.15, 0.2) is 9.84 Å². The highest BCUT2D eigenvalue weighted by molar-refractivity contribution is 7.91. The number of aromatic nitrogens is 2. The third-order valence-corrected chi connectivity index (χ3v) is 6.70. The second kappa shape index (κ2) is 6.44. The first kappa shape index (κ1) is 17.9. The third kappa shape index (κ3) is 3.29. The van der Waals surface area contributed by atoms with Gasteiger partial charge in [0.1, 0.15) is 5.69 Å². The van der Waals surface area contributed by atoms with Crippen molar-refractivity contribution in [3.63, 3.8) is 0 Å². The third-order valence-electron chi connectivity index (χ3n) is 5.00. The van der Waals surface area contributed by atoms with Crippen molar-refractivity contribution in [2.45, 2.75) is 45.2 Å². The highest BCUT2D eigenvalue weighted by Gasteiger charge is 2.49. The number of hydrogen-bond acceptors (Lipinski definition) is 5. The fourth-order valence-corrected chi connectivity index (χ4v) is 5.59. The lowest BCUT2D eigenvalue weighted by atomic mass is 10.0. The molecule has 1 N–H and O–H groups in total. The lowest BCUT2D eigenvalue weighted by Crippen LogP contribution is -2.61. The van der Waals surface area contributed by atoms with Crippen LogP contribution < -0.4 is 0 Å². The van der Waals surface area contributed by atoms with Gasteiger partial charge in [0, 0.05) is 25.2 Å². The molecule has 2 saturated heterocycles. The number of amides is 2. The number of sulfone groups is 1. The van der Waals surface area contributed by atoms with Gasteiger partial charge in [0.25, 0.3) is 5.91 Å². The van der Waals surface area contributed by atoms with E-state index in [0.29, 0.717) is 25.2 Å². The van der Waals surface area contributed by atoms with E-state index in [1.54, 1.807) is 22.8 Å². The van der Waals surface area contributed by atoms with Crippen molar-refractivity contribution in [1.82, 2.24) is 20.0 Å². The molecule has 3 heterocycles. The molecule has 2 aliphatic heterocycles. The van der Waals surface area contributed by atoms with E-state index >= 15 is 0 Å². The lowest BCUT2D eigenvalue weighted by molar-refractivity contribution is -0.135. The zero-order valence-electron chi connectivity index (χ0n) is 14.7. The number of nitrogens with zero attached hydrogens (tertiary/aromatic N) is 3. The maximum absolute atomic E-state index is 12.9. The van der Waals surface area contributed by atoms with Crippen LogP contribution in [0.1, 0.15) is 49.3 Å². The number of fused-ring (bicyclic) bond motifs is 1. The Hall–Kier alpha value is -1.90. The molecule has 138 valence electrons. The number of aromatic amines is 1. The van der Waals surface area contributed by atoms with Crippen molar-refractivity contribution in [1.29, 1.82) is 0 Å². The molecule has 2 atom stereocenters. The van der Waals surface area contributed by atoms with E-state index in [-0.39, 0.29) is 29.2 Å². The van der Waals surface area contributed by atoms with Crippen molar-refractivity contribution in [3.05, 3.63) is 17.5 Å². The number of H-pyrrole nitrogens is 1. The SMILES string of the molecule is CCC(=O)N1CCN(C(=O)c2cc(C(C)C)[nH]n2)C2CS(=O)(=O)CC21. The Labute approximate surface area is 147 Å². The standard InChI is InChI=1S/C16H24N4O4S/c1-4-15(21)19-5-6-20(14-9-25(23,24)8-13(14)19)16(22)12-7-11(10(2)3)17-18-12/h7,10,13-14H,4-6,8-9H2,1-3H3,(H,17,18). The molecule has 2 unspecified atom stereocenters. The first-order chi connectivity index (χ1) is 11.7. The zero-order valence-corrected chi connectivity index (χ0v) is 15.5. The zero-order chi connectivity index (χ0) is 18.4. The van der Waals surface area contributed by atoms with Gasteiger partial charge < -0.3 is 9.80 Å². The Morgan fingerprint density at radius 1 is 1.24 bits per heavy atom. The van der Waals surface area contributed by atoms with Gasteiger partial charge >= 0.3 is 0 Å². The van der Waals surface area contributed by atoms with Crippen LogP contribution in [0.4, 0.5) is 0 Å². The van der Waals surface area contributed by atoms with E-state index in [1.165, 1.54) is 0 Å². The number of carbonyl (C=O) groups excluding carboxylic acids is 2. The van der Waals surface area contributed by atoms with Crippen LogP contribution in [0.15, 0.2) is 6.07 Å². The van der Waals surface area contributed by atoms with Crippen LogP contribution in [-0.2, 0) is 14.6 Å². The Morgan fingerprint density at radius 2 is 1.84 bits per heavy atom. The van der Waals surface area contributed by atoms with Crippen molar-refractivity contribution >= 4 is 21.7 Å². The van der Waals surface area contributed by atoms with Gasteiger partial charge in [0.05, 0.1) is 23.6 Å². The molecule has 0 saturated carbocycles. The van der Waals surface area contributed by atoms with E-state index in [9.17, 15) is 18.0 Å². The van der Waals surface area contributed by atoms with Crippen LogP contribution in [-0.4, -0.2) is 76.9 Å². The number of hydrogen-bond donors (Lipinski definition) is 1.